The minimum atomic E-state index is -3.28. The van der Waals surface area contributed by atoms with Gasteiger partial charge in [-0.05, 0) is 18.9 Å². The summed E-state index contributed by atoms with van der Waals surface area (Å²) in [6.45, 7) is 6.81. The molecule has 0 fully saturated rings. The number of hydrogen-bond acceptors (Lipinski definition) is 6. The van der Waals surface area contributed by atoms with Gasteiger partial charge in [-0.3, -0.25) is 0 Å². The Bertz CT molecular complexity index is 1150. The maximum atomic E-state index is 14.7. The van der Waals surface area contributed by atoms with Crippen molar-refractivity contribution in [3.63, 3.8) is 0 Å². The summed E-state index contributed by atoms with van der Waals surface area (Å²) in [5.41, 5.74) is 0.0589. The van der Waals surface area contributed by atoms with Crippen molar-refractivity contribution in [3.05, 3.63) is 53.1 Å². The first-order valence-corrected chi connectivity index (χ1v) is 11.0. The van der Waals surface area contributed by atoms with Gasteiger partial charge in [0.05, 0.1) is 24.8 Å². The minimum absolute atomic E-state index is 0.0399. The molecule has 0 saturated heterocycles. The van der Waals surface area contributed by atoms with Gasteiger partial charge in [-0.2, -0.15) is 0 Å². The lowest BCUT2D eigenvalue weighted by atomic mass is 10.0. The monoisotopic (exact) mass is 477 g/mol. The molecule has 0 aliphatic carbocycles. The molecule has 0 amide bonds. The Morgan fingerprint density at radius 1 is 1.09 bits per heavy atom. The molecule has 34 heavy (non-hydrogen) atoms. The van der Waals surface area contributed by atoms with Crippen molar-refractivity contribution in [2.24, 2.45) is 5.92 Å². The lowest BCUT2D eigenvalue weighted by Gasteiger charge is -2.23. The Labute approximate surface area is 197 Å². The van der Waals surface area contributed by atoms with Gasteiger partial charge in [-0.25, -0.2) is 23.1 Å². The van der Waals surface area contributed by atoms with Crippen LogP contribution in [0.25, 0.3) is 10.9 Å². The number of aryl methyl sites for hydroxylation is 1. The first kappa shape index (κ1) is 25.6. The first-order valence-electron chi connectivity index (χ1n) is 11.0. The fraction of sp³-hybridized carbons (Fsp3) is 0.440. The van der Waals surface area contributed by atoms with E-state index < -0.39 is 17.3 Å². The number of methoxy groups -OCH3 is 2. The molecule has 0 radical (unpaired) electrons. The Hall–Kier alpha value is -3.07. The molecular weight excluding hydrogens is 447 g/mol. The molecule has 1 aromatic heterocycles. The van der Waals surface area contributed by atoms with Crippen molar-refractivity contribution in [1.82, 2.24) is 9.97 Å². The molecule has 1 heterocycles. The number of alkyl halides is 2. The van der Waals surface area contributed by atoms with Crippen LogP contribution in [0.1, 0.15) is 37.7 Å². The number of anilines is 1. The van der Waals surface area contributed by atoms with Crippen LogP contribution in [0.4, 0.5) is 19.0 Å². The third kappa shape index (κ3) is 5.70. The quantitative estimate of drug-likeness (QED) is 0.395. The highest BCUT2D eigenvalue weighted by molar-refractivity contribution is 5.91. The van der Waals surface area contributed by atoms with Gasteiger partial charge in [0.15, 0.2) is 11.5 Å². The highest BCUT2D eigenvalue weighted by Crippen LogP contribution is 2.36. The van der Waals surface area contributed by atoms with Crippen LogP contribution < -0.4 is 14.8 Å². The topological polar surface area (TPSA) is 65.5 Å². The molecule has 184 valence electrons. The van der Waals surface area contributed by atoms with E-state index >= 15 is 0 Å². The number of nitrogens with one attached hydrogen (secondary N) is 1. The molecule has 0 aliphatic rings. The summed E-state index contributed by atoms with van der Waals surface area (Å²) < 4.78 is 59.2. The lowest BCUT2D eigenvalue weighted by Crippen LogP contribution is -2.28. The molecule has 0 aliphatic heterocycles. The van der Waals surface area contributed by atoms with E-state index in [4.69, 9.17) is 14.2 Å². The molecule has 0 bridgehead atoms. The number of nitrogens with zero attached hydrogens (tertiary/aromatic N) is 2. The van der Waals surface area contributed by atoms with Crippen LogP contribution in [0.2, 0.25) is 0 Å². The fourth-order valence-corrected chi connectivity index (χ4v) is 3.56. The highest BCUT2D eigenvalue weighted by Gasteiger charge is 2.29. The van der Waals surface area contributed by atoms with Crippen molar-refractivity contribution in [1.29, 1.82) is 0 Å². The molecular formula is C25H30F3N3O3. The second kappa shape index (κ2) is 10.5. The van der Waals surface area contributed by atoms with Gasteiger partial charge in [-0.1, -0.05) is 32.0 Å². The van der Waals surface area contributed by atoms with Crippen molar-refractivity contribution < 1.29 is 27.4 Å². The summed E-state index contributed by atoms with van der Waals surface area (Å²) >= 11 is 0. The van der Waals surface area contributed by atoms with Crippen molar-refractivity contribution in [3.8, 4) is 11.5 Å². The van der Waals surface area contributed by atoms with E-state index in [-0.39, 0.29) is 24.1 Å². The standard InChI is InChI=1S/C25H30F3N3O3/c1-14(2)22(13-32-5)34-21-10-17-19(11-20(21)33-6)30-15(3)31-24(17)29-12-16-8-7-9-18(23(16)26)25(4,27)28/h7-11,14,22H,12-13H2,1-6H3,(H,29,30,31). The van der Waals surface area contributed by atoms with Crippen LogP contribution in [0, 0.1) is 18.7 Å². The van der Waals surface area contributed by atoms with Gasteiger partial charge in [-0.15, -0.1) is 0 Å². The number of aromatic nitrogens is 2. The van der Waals surface area contributed by atoms with Crippen LogP contribution in [0.15, 0.2) is 30.3 Å². The normalized spacial score (nSPS) is 12.8. The van der Waals surface area contributed by atoms with Crippen molar-refractivity contribution in [2.75, 3.05) is 26.1 Å². The Balaban J connectivity index is 2.00. The predicted molar refractivity (Wildman–Crippen MR) is 125 cm³/mol. The van der Waals surface area contributed by atoms with E-state index in [0.29, 0.717) is 47.6 Å². The predicted octanol–water partition coefficient (Wildman–Crippen LogP) is 5.86. The number of hydrogen-bond donors (Lipinski definition) is 1. The van der Waals surface area contributed by atoms with E-state index in [1.165, 1.54) is 12.1 Å². The fourth-order valence-electron chi connectivity index (χ4n) is 3.56. The van der Waals surface area contributed by atoms with Crippen LogP contribution >= 0.6 is 0 Å². The maximum Gasteiger partial charge on any atom is 0.273 e. The number of fused-ring (bicyclic) bond motifs is 1. The van der Waals surface area contributed by atoms with Gasteiger partial charge >= 0.3 is 0 Å². The van der Waals surface area contributed by atoms with Gasteiger partial charge in [0.1, 0.15) is 23.6 Å². The largest absolute Gasteiger partial charge is 0.493 e. The minimum Gasteiger partial charge on any atom is -0.493 e. The molecule has 1 atom stereocenters. The molecule has 6 nitrogen and oxygen atoms in total. The van der Waals surface area contributed by atoms with Crippen LogP contribution in [-0.2, 0) is 17.2 Å². The number of halogens is 3. The number of benzene rings is 2. The molecule has 1 N–H and O–H groups in total. The maximum absolute atomic E-state index is 14.7. The Morgan fingerprint density at radius 2 is 1.82 bits per heavy atom. The van der Waals surface area contributed by atoms with E-state index in [2.05, 4.69) is 15.3 Å². The Kier molecular flexibility index (Phi) is 7.86. The van der Waals surface area contributed by atoms with Crippen LogP contribution in [0.3, 0.4) is 0 Å². The zero-order chi connectivity index (χ0) is 25.0. The van der Waals surface area contributed by atoms with Crippen LogP contribution in [0.5, 0.6) is 11.5 Å². The molecule has 2 aromatic carbocycles. The summed E-state index contributed by atoms with van der Waals surface area (Å²) in [5.74, 6) is -2.14. The van der Waals surface area contributed by atoms with E-state index in [9.17, 15) is 13.2 Å². The summed E-state index contributed by atoms with van der Waals surface area (Å²) in [6.07, 6.45) is -0.216. The third-order valence-corrected chi connectivity index (χ3v) is 5.44. The van der Waals surface area contributed by atoms with E-state index in [1.54, 1.807) is 33.3 Å². The zero-order valence-corrected chi connectivity index (χ0v) is 20.2. The van der Waals surface area contributed by atoms with E-state index in [0.717, 1.165) is 6.07 Å². The van der Waals surface area contributed by atoms with Gasteiger partial charge < -0.3 is 19.5 Å². The number of ether oxygens (including phenoxy) is 3. The molecule has 0 spiro atoms. The molecule has 3 rings (SSSR count). The molecule has 0 saturated carbocycles. The number of rotatable bonds is 10. The van der Waals surface area contributed by atoms with Crippen molar-refractivity contribution in [2.45, 2.75) is 46.3 Å². The summed E-state index contributed by atoms with van der Waals surface area (Å²) in [6, 6.07) is 7.46. The summed E-state index contributed by atoms with van der Waals surface area (Å²) in [4.78, 5) is 8.92. The molecule has 3 aromatic rings. The second-order valence-corrected chi connectivity index (χ2v) is 8.52. The SMILES string of the molecule is COCC(Oc1cc2c(NCc3cccc(C(C)(F)F)c3F)nc(C)nc2cc1OC)C(C)C. The summed E-state index contributed by atoms with van der Waals surface area (Å²) in [5, 5.41) is 3.70. The van der Waals surface area contributed by atoms with Gasteiger partial charge in [0, 0.05) is 37.6 Å². The smallest absolute Gasteiger partial charge is 0.273 e. The zero-order valence-electron chi connectivity index (χ0n) is 20.2. The first-order chi connectivity index (χ1) is 16.0. The highest BCUT2D eigenvalue weighted by atomic mass is 19.3. The van der Waals surface area contributed by atoms with E-state index in [1.807, 2.05) is 13.8 Å². The van der Waals surface area contributed by atoms with Crippen LogP contribution in [-0.4, -0.2) is 36.9 Å². The lowest BCUT2D eigenvalue weighted by molar-refractivity contribution is 0.0136. The molecule has 1 unspecified atom stereocenters. The van der Waals surface area contributed by atoms with Gasteiger partial charge in [0.2, 0.25) is 0 Å². The average molecular weight is 478 g/mol. The van der Waals surface area contributed by atoms with Crippen molar-refractivity contribution >= 4 is 16.7 Å². The molecule has 9 heteroatoms. The van der Waals surface area contributed by atoms with Gasteiger partial charge in [0.25, 0.3) is 5.92 Å². The third-order valence-electron chi connectivity index (χ3n) is 5.44. The Morgan fingerprint density at radius 3 is 2.44 bits per heavy atom. The second-order valence-electron chi connectivity index (χ2n) is 8.52. The summed E-state index contributed by atoms with van der Waals surface area (Å²) in [7, 11) is 3.15. The average Bonchev–Trinajstić information content (AvgIpc) is 2.76.